The van der Waals surface area contributed by atoms with Crippen molar-refractivity contribution in [1.82, 2.24) is 0 Å². The molecular weight excluding hydrogens is 290 g/mol. The van der Waals surface area contributed by atoms with Crippen molar-refractivity contribution in [2.75, 3.05) is 13.2 Å². The number of rotatable bonds is 11. The van der Waals surface area contributed by atoms with E-state index in [4.69, 9.17) is 24.7 Å². The van der Waals surface area contributed by atoms with E-state index in [1.165, 1.54) is 6.26 Å². The summed E-state index contributed by atoms with van der Waals surface area (Å²) in [4.78, 5) is 22.0. The monoisotopic (exact) mass is 313 g/mol. The molecular formula is C15H23NO6. The minimum absolute atomic E-state index is 0.188. The summed E-state index contributed by atoms with van der Waals surface area (Å²) < 4.78 is 15.5. The van der Waals surface area contributed by atoms with Crippen molar-refractivity contribution in [3.05, 3.63) is 18.1 Å². The zero-order valence-electron chi connectivity index (χ0n) is 12.7. The third-order valence-electron chi connectivity index (χ3n) is 3.13. The van der Waals surface area contributed by atoms with E-state index >= 15 is 0 Å². The van der Waals surface area contributed by atoms with E-state index in [9.17, 15) is 9.59 Å². The van der Waals surface area contributed by atoms with Crippen molar-refractivity contribution < 1.29 is 28.6 Å². The average molecular weight is 313 g/mol. The Morgan fingerprint density at radius 3 is 2.73 bits per heavy atom. The summed E-state index contributed by atoms with van der Waals surface area (Å²) in [6.45, 7) is 2.25. The Kier molecular flexibility index (Phi) is 8.06. The first kappa shape index (κ1) is 18.0. The molecule has 0 unspecified atom stereocenters. The SMILES string of the molecule is Cc1occc1OCCOC(=O)CCCCC[C@H](N)C(=O)O. The first-order valence-electron chi connectivity index (χ1n) is 7.31. The minimum Gasteiger partial charge on any atom is -0.486 e. The fourth-order valence-corrected chi connectivity index (χ4v) is 1.84. The van der Waals surface area contributed by atoms with Gasteiger partial charge in [0.15, 0.2) is 5.75 Å². The predicted molar refractivity (Wildman–Crippen MR) is 78.6 cm³/mol. The zero-order chi connectivity index (χ0) is 16.4. The lowest BCUT2D eigenvalue weighted by molar-refractivity contribution is -0.144. The lowest BCUT2D eigenvalue weighted by Crippen LogP contribution is -2.29. The molecule has 1 heterocycles. The van der Waals surface area contributed by atoms with Gasteiger partial charge in [-0.05, 0) is 19.8 Å². The van der Waals surface area contributed by atoms with E-state index in [2.05, 4.69) is 0 Å². The van der Waals surface area contributed by atoms with Crippen LogP contribution in [-0.2, 0) is 14.3 Å². The number of hydrogen-bond donors (Lipinski definition) is 2. The topological polar surface area (TPSA) is 112 Å². The Bertz CT molecular complexity index is 470. The molecule has 1 atom stereocenters. The van der Waals surface area contributed by atoms with Crippen LogP contribution in [0.1, 0.15) is 37.9 Å². The van der Waals surface area contributed by atoms with Gasteiger partial charge in [-0.2, -0.15) is 0 Å². The van der Waals surface area contributed by atoms with Crippen LogP contribution in [0.4, 0.5) is 0 Å². The second-order valence-electron chi connectivity index (χ2n) is 4.95. The number of ether oxygens (including phenoxy) is 2. The summed E-state index contributed by atoms with van der Waals surface area (Å²) >= 11 is 0. The zero-order valence-corrected chi connectivity index (χ0v) is 12.7. The van der Waals surface area contributed by atoms with Gasteiger partial charge < -0.3 is 24.7 Å². The smallest absolute Gasteiger partial charge is 0.320 e. The molecule has 1 aromatic rings. The van der Waals surface area contributed by atoms with Gasteiger partial charge in [-0.25, -0.2) is 0 Å². The fourth-order valence-electron chi connectivity index (χ4n) is 1.84. The van der Waals surface area contributed by atoms with Crippen LogP contribution in [-0.4, -0.2) is 36.3 Å². The normalized spacial score (nSPS) is 11.9. The molecule has 0 fully saturated rings. The summed E-state index contributed by atoms with van der Waals surface area (Å²) in [5.41, 5.74) is 5.38. The summed E-state index contributed by atoms with van der Waals surface area (Å²) in [7, 11) is 0. The number of carbonyl (C=O) groups excluding carboxylic acids is 1. The molecule has 0 aliphatic carbocycles. The number of carboxylic acid groups (broad SMARTS) is 1. The highest BCUT2D eigenvalue weighted by Gasteiger charge is 2.10. The van der Waals surface area contributed by atoms with E-state index in [1.807, 2.05) is 0 Å². The fraction of sp³-hybridized carbons (Fsp3) is 0.600. The summed E-state index contributed by atoms with van der Waals surface area (Å²) in [5.74, 6) is 0.0547. The van der Waals surface area contributed by atoms with Crippen LogP contribution in [0.15, 0.2) is 16.7 Å². The van der Waals surface area contributed by atoms with Crippen LogP contribution in [0.3, 0.4) is 0 Å². The van der Waals surface area contributed by atoms with Crippen LogP contribution >= 0.6 is 0 Å². The highest BCUT2D eigenvalue weighted by Crippen LogP contribution is 2.17. The van der Waals surface area contributed by atoms with Crippen LogP contribution in [0.25, 0.3) is 0 Å². The van der Waals surface area contributed by atoms with Crippen LogP contribution in [0, 0.1) is 6.92 Å². The number of hydrogen-bond acceptors (Lipinski definition) is 6. The molecule has 0 saturated carbocycles. The highest BCUT2D eigenvalue weighted by molar-refractivity contribution is 5.72. The maximum atomic E-state index is 11.5. The van der Waals surface area contributed by atoms with Crippen LogP contribution < -0.4 is 10.5 Å². The van der Waals surface area contributed by atoms with E-state index in [0.717, 1.165) is 6.42 Å². The Labute approximate surface area is 129 Å². The molecule has 0 spiro atoms. The number of nitrogens with two attached hydrogens (primary N) is 1. The lowest BCUT2D eigenvalue weighted by atomic mass is 10.1. The number of unbranched alkanes of at least 4 members (excludes halogenated alkanes) is 2. The average Bonchev–Trinajstić information content (AvgIpc) is 2.88. The Morgan fingerprint density at radius 2 is 2.09 bits per heavy atom. The molecule has 0 aliphatic rings. The first-order chi connectivity index (χ1) is 10.5. The molecule has 0 bridgehead atoms. The molecule has 0 saturated heterocycles. The number of carboxylic acids is 1. The molecule has 7 nitrogen and oxygen atoms in total. The Balaban J connectivity index is 1.98. The van der Waals surface area contributed by atoms with E-state index < -0.39 is 12.0 Å². The Hall–Kier alpha value is -2.02. The molecule has 0 aliphatic heterocycles. The van der Waals surface area contributed by atoms with Gasteiger partial charge in [0, 0.05) is 12.5 Å². The van der Waals surface area contributed by atoms with Crippen LogP contribution in [0.2, 0.25) is 0 Å². The minimum atomic E-state index is -0.993. The van der Waals surface area contributed by atoms with Gasteiger partial charge in [0.2, 0.25) is 0 Å². The molecule has 22 heavy (non-hydrogen) atoms. The lowest BCUT2D eigenvalue weighted by Gasteiger charge is -2.07. The molecule has 0 aromatic carbocycles. The quantitative estimate of drug-likeness (QED) is 0.473. The highest BCUT2D eigenvalue weighted by atomic mass is 16.6. The number of esters is 1. The molecule has 1 aromatic heterocycles. The van der Waals surface area contributed by atoms with Gasteiger partial charge in [-0.15, -0.1) is 0 Å². The standard InChI is InChI=1S/C15H23NO6/c1-11-13(7-8-20-11)21-9-10-22-14(17)6-4-2-3-5-12(16)15(18)19/h7-8,12H,2-6,9-10,16H2,1H3,(H,18,19)/t12-/m0/s1. The van der Waals surface area contributed by atoms with Crippen molar-refractivity contribution >= 4 is 11.9 Å². The molecule has 1 rings (SSSR count). The van der Waals surface area contributed by atoms with Crippen molar-refractivity contribution in [3.63, 3.8) is 0 Å². The molecule has 0 radical (unpaired) electrons. The van der Waals surface area contributed by atoms with Crippen LogP contribution in [0.5, 0.6) is 5.75 Å². The molecule has 3 N–H and O–H groups in total. The molecule has 0 amide bonds. The first-order valence-corrected chi connectivity index (χ1v) is 7.31. The van der Waals surface area contributed by atoms with Gasteiger partial charge in [-0.3, -0.25) is 9.59 Å². The summed E-state index contributed by atoms with van der Waals surface area (Å²) in [6, 6.07) is 0.884. The van der Waals surface area contributed by atoms with Crippen molar-refractivity contribution in [2.45, 2.75) is 45.1 Å². The number of carbonyl (C=O) groups is 2. The second kappa shape index (κ2) is 9.83. The number of furan rings is 1. The summed E-state index contributed by atoms with van der Waals surface area (Å²) in [5, 5.41) is 8.62. The maximum absolute atomic E-state index is 11.5. The third kappa shape index (κ3) is 7.12. The van der Waals surface area contributed by atoms with E-state index in [-0.39, 0.29) is 19.2 Å². The Morgan fingerprint density at radius 1 is 1.32 bits per heavy atom. The second-order valence-corrected chi connectivity index (χ2v) is 4.95. The van der Waals surface area contributed by atoms with Gasteiger partial charge >= 0.3 is 11.9 Å². The largest absolute Gasteiger partial charge is 0.486 e. The predicted octanol–water partition coefficient (Wildman–Crippen LogP) is 1.87. The third-order valence-corrected chi connectivity index (χ3v) is 3.13. The molecule has 124 valence electrons. The number of aliphatic carboxylic acids is 1. The molecule has 7 heteroatoms. The van der Waals surface area contributed by atoms with Crippen molar-refractivity contribution in [3.8, 4) is 5.75 Å². The van der Waals surface area contributed by atoms with Gasteiger partial charge in [0.1, 0.15) is 25.0 Å². The van der Waals surface area contributed by atoms with E-state index in [0.29, 0.717) is 37.2 Å². The van der Waals surface area contributed by atoms with Crippen molar-refractivity contribution in [2.24, 2.45) is 5.73 Å². The van der Waals surface area contributed by atoms with Gasteiger partial charge in [0.25, 0.3) is 0 Å². The van der Waals surface area contributed by atoms with Gasteiger partial charge in [0.05, 0.1) is 6.26 Å². The maximum Gasteiger partial charge on any atom is 0.320 e. The summed E-state index contributed by atoms with van der Waals surface area (Å²) in [6.07, 6.45) is 4.36. The van der Waals surface area contributed by atoms with E-state index in [1.54, 1.807) is 13.0 Å². The van der Waals surface area contributed by atoms with Crippen molar-refractivity contribution in [1.29, 1.82) is 0 Å². The number of aryl methyl sites for hydroxylation is 1. The van der Waals surface area contributed by atoms with Gasteiger partial charge in [-0.1, -0.05) is 12.8 Å².